The van der Waals surface area contributed by atoms with E-state index in [1.54, 1.807) is 29.0 Å². The number of nitrogen functional groups attached to an aromatic ring is 1. The molecule has 3 heterocycles. The van der Waals surface area contributed by atoms with Gasteiger partial charge in [0.1, 0.15) is 11.5 Å². The second-order valence-corrected chi connectivity index (χ2v) is 7.94. The molecule has 4 rings (SSSR count). The Balaban J connectivity index is 1.75. The number of fused-ring (bicyclic) bond motifs is 1. The number of pyridine rings is 2. The second-order valence-electron chi connectivity index (χ2n) is 5.98. The molecule has 0 aliphatic heterocycles. The van der Waals surface area contributed by atoms with Gasteiger partial charge in [-0.2, -0.15) is 5.10 Å². The fourth-order valence-corrected chi connectivity index (χ4v) is 4.03. The minimum atomic E-state index is -3.40. The summed E-state index contributed by atoms with van der Waals surface area (Å²) in [6, 6.07) is 7.25. The molecule has 9 heteroatoms. The van der Waals surface area contributed by atoms with Crippen LogP contribution in [0.3, 0.4) is 0 Å². The lowest BCUT2D eigenvalue weighted by atomic mass is 10.1. The number of ether oxygens (including phenoxy) is 1. The Hall–Kier alpha value is -2.81. The predicted molar refractivity (Wildman–Crippen MR) is 95.0 cm³/mol. The van der Waals surface area contributed by atoms with Gasteiger partial charge in [0.05, 0.1) is 17.9 Å². The Labute approximate surface area is 144 Å². The summed E-state index contributed by atoms with van der Waals surface area (Å²) in [7, 11) is -1.95. The summed E-state index contributed by atoms with van der Waals surface area (Å²) in [6.07, 6.45) is 4.80. The summed E-state index contributed by atoms with van der Waals surface area (Å²) in [5.41, 5.74) is 8.51. The number of nitrogens with one attached hydrogen (secondary N) is 1. The van der Waals surface area contributed by atoms with Crippen LogP contribution in [0.25, 0.3) is 16.6 Å². The average molecular weight is 359 g/mol. The molecule has 0 aromatic carbocycles. The Morgan fingerprint density at radius 1 is 1.28 bits per heavy atom. The minimum Gasteiger partial charge on any atom is -0.480 e. The molecule has 1 fully saturated rings. The quantitative estimate of drug-likeness (QED) is 0.719. The summed E-state index contributed by atoms with van der Waals surface area (Å²) < 4.78 is 33.9. The highest BCUT2D eigenvalue weighted by Gasteiger charge is 2.36. The van der Waals surface area contributed by atoms with E-state index in [0.29, 0.717) is 24.3 Å². The Bertz CT molecular complexity index is 1060. The highest BCUT2D eigenvalue weighted by Crippen LogP contribution is 2.34. The summed E-state index contributed by atoms with van der Waals surface area (Å²) in [5.74, 6) is 0.672. The normalized spacial score (nSPS) is 14.6. The van der Waals surface area contributed by atoms with Gasteiger partial charge in [-0.25, -0.2) is 17.9 Å². The number of hydrogen-bond donors (Lipinski definition) is 2. The van der Waals surface area contributed by atoms with Crippen molar-refractivity contribution < 1.29 is 13.2 Å². The molecule has 130 valence electrons. The van der Waals surface area contributed by atoms with Crippen molar-refractivity contribution in [2.45, 2.75) is 18.1 Å². The molecule has 0 amide bonds. The Morgan fingerprint density at radius 2 is 2.08 bits per heavy atom. The first-order valence-electron chi connectivity index (χ1n) is 7.77. The van der Waals surface area contributed by atoms with Gasteiger partial charge in [-0.3, -0.25) is 4.72 Å². The van der Waals surface area contributed by atoms with Gasteiger partial charge in [-0.15, -0.1) is 0 Å². The molecule has 0 saturated heterocycles. The molecule has 0 spiro atoms. The van der Waals surface area contributed by atoms with Gasteiger partial charge in [0, 0.05) is 24.0 Å². The van der Waals surface area contributed by atoms with Crippen LogP contribution in [0.15, 0.2) is 36.7 Å². The molecule has 0 atom stereocenters. The van der Waals surface area contributed by atoms with Crippen molar-refractivity contribution in [3.05, 3.63) is 36.7 Å². The number of hydrogen-bond acceptors (Lipinski definition) is 6. The third-order valence-corrected chi connectivity index (χ3v) is 5.93. The second kappa shape index (κ2) is 5.62. The molecule has 25 heavy (non-hydrogen) atoms. The lowest BCUT2D eigenvalue weighted by Crippen LogP contribution is -2.18. The summed E-state index contributed by atoms with van der Waals surface area (Å²) in [4.78, 5) is 4.23. The van der Waals surface area contributed by atoms with Gasteiger partial charge in [0.25, 0.3) is 0 Å². The van der Waals surface area contributed by atoms with Crippen molar-refractivity contribution in [1.82, 2.24) is 14.6 Å². The van der Waals surface area contributed by atoms with E-state index in [2.05, 4.69) is 14.8 Å². The molecule has 3 N–H and O–H groups in total. The van der Waals surface area contributed by atoms with E-state index in [9.17, 15) is 8.42 Å². The number of nitrogens with zero attached hydrogens (tertiary/aromatic N) is 3. The van der Waals surface area contributed by atoms with Gasteiger partial charge in [0.15, 0.2) is 0 Å². The largest absolute Gasteiger partial charge is 0.480 e. The van der Waals surface area contributed by atoms with Crippen LogP contribution in [0.5, 0.6) is 5.88 Å². The molecule has 3 aromatic rings. The molecule has 1 aliphatic rings. The highest BCUT2D eigenvalue weighted by molar-refractivity contribution is 7.93. The molecular weight excluding hydrogens is 342 g/mol. The van der Waals surface area contributed by atoms with Crippen LogP contribution in [-0.4, -0.2) is 35.4 Å². The smallest absolute Gasteiger partial charge is 0.238 e. The van der Waals surface area contributed by atoms with Crippen molar-refractivity contribution in [2.75, 3.05) is 17.6 Å². The van der Waals surface area contributed by atoms with Crippen LogP contribution >= 0.6 is 0 Å². The summed E-state index contributed by atoms with van der Waals surface area (Å²) >= 11 is 0. The van der Waals surface area contributed by atoms with Crippen LogP contribution in [-0.2, 0) is 10.0 Å². The first-order valence-corrected chi connectivity index (χ1v) is 9.32. The molecule has 0 bridgehead atoms. The number of sulfonamides is 1. The van der Waals surface area contributed by atoms with Crippen molar-refractivity contribution >= 4 is 27.0 Å². The lowest BCUT2D eigenvalue weighted by molar-refractivity contribution is 0.400. The Kier molecular flexibility index (Phi) is 3.53. The predicted octanol–water partition coefficient (Wildman–Crippen LogP) is 1.89. The number of methoxy groups -OCH3 is 1. The van der Waals surface area contributed by atoms with E-state index >= 15 is 0 Å². The van der Waals surface area contributed by atoms with Crippen molar-refractivity contribution in [2.24, 2.45) is 0 Å². The fourth-order valence-electron chi connectivity index (χ4n) is 2.65. The topological polar surface area (TPSA) is 112 Å². The monoisotopic (exact) mass is 359 g/mol. The third-order valence-electron chi connectivity index (χ3n) is 4.08. The van der Waals surface area contributed by atoms with E-state index in [0.717, 1.165) is 16.6 Å². The van der Waals surface area contributed by atoms with Crippen molar-refractivity contribution in [3.8, 4) is 17.0 Å². The maximum Gasteiger partial charge on any atom is 0.238 e. The fraction of sp³-hybridized carbons (Fsp3) is 0.250. The maximum atomic E-state index is 12.2. The van der Waals surface area contributed by atoms with Gasteiger partial charge in [0.2, 0.25) is 15.9 Å². The van der Waals surface area contributed by atoms with Crippen LogP contribution in [0, 0.1) is 0 Å². The van der Waals surface area contributed by atoms with Gasteiger partial charge < -0.3 is 10.5 Å². The standard InChI is InChI=1S/C16H17N5O3S/c1-24-16-14(20-25(22,23)13-2-3-13)7-11(9-18-16)10-4-5-21-12(6-10)8-15(17)19-21/h4-9,13,20H,2-3H2,1H3,(H2,17,19). The molecule has 3 aromatic heterocycles. The van der Waals surface area contributed by atoms with Crippen LogP contribution in [0.2, 0.25) is 0 Å². The van der Waals surface area contributed by atoms with E-state index in [4.69, 9.17) is 10.5 Å². The highest BCUT2D eigenvalue weighted by atomic mass is 32.2. The first kappa shape index (κ1) is 15.7. The molecule has 1 saturated carbocycles. The SMILES string of the molecule is COc1ncc(-c2ccn3nc(N)cc3c2)cc1NS(=O)(=O)C1CC1. The lowest BCUT2D eigenvalue weighted by Gasteiger charge is -2.12. The molecule has 0 radical (unpaired) electrons. The van der Waals surface area contributed by atoms with Gasteiger partial charge in [-0.05, 0) is 36.6 Å². The summed E-state index contributed by atoms with van der Waals surface area (Å²) in [5, 5.41) is 3.81. The number of rotatable bonds is 5. The number of nitrogens with two attached hydrogens (primary N) is 1. The number of anilines is 2. The van der Waals surface area contributed by atoms with Crippen LogP contribution in [0.4, 0.5) is 11.5 Å². The van der Waals surface area contributed by atoms with Crippen LogP contribution < -0.4 is 15.2 Å². The zero-order valence-corrected chi connectivity index (χ0v) is 14.3. The molecule has 8 nitrogen and oxygen atoms in total. The van der Waals surface area contributed by atoms with E-state index in [-0.39, 0.29) is 11.1 Å². The van der Waals surface area contributed by atoms with E-state index < -0.39 is 10.0 Å². The van der Waals surface area contributed by atoms with Gasteiger partial charge in [-0.1, -0.05) is 0 Å². The zero-order chi connectivity index (χ0) is 17.6. The molecular formula is C16H17N5O3S. The van der Waals surface area contributed by atoms with E-state index in [1.165, 1.54) is 7.11 Å². The first-order chi connectivity index (χ1) is 12.0. The molecule has 0 unspecified atom stereocenters. The maximum absolute atomic E-state index is 12.2. The van der Waals surface area contributed by atoms with Gasteiger partial charge >= 0.3 is 0 Å². The third kappa shape index (κ3) is 2.98. The average Bonchev–Trinajstić information content (AvgIpc) is 3.36. The number of aromatic nitrogens is 3. The molecule has 1 aliphatic carbocycles. The minimum absolute atomic E-state index is 0.239. The summed E-state index contributed by atoms with van der Waals surface area (Å²) in [6.45, 7) is 0. The van der Waals surface area contributed by atoms with Crippen molar-refractivity contribution in [1.29, 1.82) is 0 Å². The van der Waals surface area contributed by atoms with Crippen molar-refractivity contribution in [3.63, 3.8) is 0 Å². The Morgan fingerprint density at radius 3 is 2.80 bits per heavy atom. The zero-order valence-electron chi connectivity index (χ0n) is 13.5. The van der Waals surface area contributed by atoms with E-state index in [1.807, 2.05) is 12.1 Å². The van der Waals surface area contributed by atoms with Crippen LogP contribution in [0.1, 0.15) is 12.8 Å².